The Kier molecular flexibility index (Phi) is 3.43. The molecule has 1 aromatic rings. The average molecular weight is 259 g/mol. The summed E-state index contributed by atoms with van der Waals surface area (Å²) in [6.45, 7) is 4.76. The second-order valence-electron chi connectivity index (χ2n) is 5.33. The maximum absolute atomic E-state index is 11.4. The predicted molar refractivity (Wildman–Crippen MR) is 70.9 cm³/mol. The lowest BCUT2D eigenvalue weighted by Gasteiger charge is -2.38. The number of carboxylic acid groups (broad SMARTS) is 1. The molecule has 0 amide bonds. The number of aromatic nitrogens is 1. The Morgan fingerprint density at radius 2 is 2.32 bits per heavy atom. The van der Waals surface area contributed by atoms with Gasteiger partial charge in [-0.05, 0) is 38.8 Å². The smallest absolute Gasteiger partial charge is 0.311 e. The first kappa shape index (κ1) is 13.3. The quantitative estimate of drug-likeness (QED) is 0.878. The van der Waals surface area contributed by atoms with Crippen LogP contribution in [-0.4, -0.2) is 29.1 Å². The Bertz CT molecular complexity index is 550. The Labute approximate surface area is 112 Å². The van der Waals surface area contributed by atoms with E-state index in [0.29, 0.717) is 24.3 Å². The first-order chi connectivity index (χ1) is 8.96. The van der Waals surface area contributed by atoms with Crippen LogP contribution in [0, 0.1) is 23.7 Å². The summed E-state index contributed by atoms with van der Waals surface area (Å²) in [5.41, 5.74) is 0.563. The highest BCUT2D eigenvalue weighted by Crippen LogP contribution is 2.33. The van der Waals surface area contributed by atoms with Gasteiger partial charge in [0.15, 0.2) is 0 Å². The van der Waals surface area contributed by atoms with Crippen LogP contribution in [0.2, 0.25) is 0 Å². The number of anilines is 1. The van der Waals surface area contributed by atoms with E-state index in [1.54, 1.807) is 19.1 Å². The van der Waals surface area contributed by atoms with Crippen molar-refractivity contribution < 1.29 is 9.90 Å². The number of hydrogen-bond donors (Lipinski definition) is 1. The molecule has 0 aromatic carbocycles. The first-order valence-electron chi connectivity index (χ1n) is 6.32. The summed E-state index contributed by atoms with van der Waals surface area (Å²) >= 11 is 0. The number of nitrogens with zero attached hydrogens (tertiary/aromatic N) is 3. The number of pyridine rings is 1. The summed E-state index contributed by atoms with van der Waals surface area (Å²) in [6.07, 6.45) is 1.45. The lowest BCUT2D eigenvalue weighted by Crippen LogP contribution is -2.46. The highest BCUT2D eigenvalue weighted by Gasteiger charge is 2.38. The molecular weight excluding hydrogens is 242 g/mol. The molecule has 2 rings (SSSR count). The number of nitriles is 1. The van der Waals surface area contributed by atoms with Crippen LogP contribution in [-0.2, 0) is 4.79 Å². The molecule has 1 N–H and O–H groups in total. The van der Waals surface area contributed by atoms with E-state index in [-0.39, 0.29) is 0 Å². The van der Waals surface area contributed by atoms with Gasteiger partial charge in [-0.25, -0.2) is 4.98 Å². The van der Waals surface area contributed by atoms with Crippen LogP contribution in [0.5, 0.6) is 0 Å². The molecule has 0 saturated carbocycles. The van der Waals surface area contributed by atoms with Crippen LogP contribution < -0.4 is 4.90 Å². The minimum absolute atomic E-state index is 0.396. The van der Waals surface area contributed by atoms with Crippen molar-refractivity contribution in [1.29, 1.82) is 5.26 Å². The van der Waals surface area contributed by atoms with Gasteiger partial charge in [0.1, 0.15) is 11.9 Å². The Morgan fingerprint density at radius 1 is 1.58 bits per heavy atom. The van der Waals surface area contributed by atoms with Crippen molar-refractivity contribution in [2.24, 2.45) is 5.41 Å². The fraction of sp³-hybridized carbons (Fsp3) is 0.500. The van der Waals surface area contributed by atoms with Crippen LogP contribution in [0.25, 0.3) is 0 Å². The van der Waals surface area contributed by atoms with Gasteiger partial charge in [-0.3, -0.25) is 4.79 Å². The molecule has 1 unspecified atom stereocenters. The number of rotatable bonds is 2. The molecule has 1 atom stereocenters. The van der Waals surface area contributed by atoms with Crippen molar-refractivity contribution in [3.63, 3.8) is 0 Å². The molecule has 1 aliphatic rings. The van der Waals surface area contributed by atoms with Crippen molar-refractivity contribution in [1.82, 2.24) is 4.98 Å². The van der Waals surface area contributed by atoms with E-state index in [4.69, 9.17) is 5.26 Å². The van der Waals surface area contributed by atoms with Gasteiger partial charge in [-0.1, -0.05) is 0 Å². The fourth-order valence-electron chi connectivity index (χ4n) is 2.47. The van der Waals surface area contributed by atoms with Crippen LogP contribution >= 0.6 is 0 Å². The second kappa shape index (κ2) is 4.88. The summed E-state index contributed by atoms with van der Waals surface area (Å²) in [4.78, 5) is 17.7. The number of carbonyl (C=O) groups is 1. The fourth-order valence-corrected chi connectivity index (χ4v) is 2.47. The predicted octanol–water partition coefficient (Wildman–Crippen LogP) is 1.95. The van der Waals surface area contributed by atoms with E-state index in [2.05, 4.69) is 11.1 Å². The van der Waals surface area contributed by atoms with Gasteiger partial charge in [-0.15, -0.1) is 0 Å². The van der Waals surface area contributed by atoms with Crippen molar-refractivity contribution in [3.8, 4) is 6.07 Å². The molecule has 0 spiro atoms. The number of aryl methyl sites for hydroxylation is 1. The monoisotopic (exact) mass is 259 g/mol. The summed E-state index contributed by atoms with van der Waals surface area (Å²) < 4.78 is 0. The van der Waals surface area contributed by atoms with Crippen LogP contribution in [0.1, 0.15) is 31.0 Å². The van der Waals surface area contributed by atoms with Crippen LogP contribution in [0.3, 0.4) is 0 Å². The van der Waals surface area contributed by atoms with E-state index in [1.165, 1.54) is 0 Å². The van der Waals surface area contributed by atoms with Crippen molar-refractivity contribution in [2.45, 2.75) is 26.7 Å². The Hall–Kier alpha value is -2.09. The third kappa shape index (κ3) is 2.53. The van der Waals surface area contributed by atoms with Crippen LogP contribution in [0.15, 0.2) is 12.1 Å². The van der Waals surface area contributed by atoms with Crippen LogP contribution in [0.4, 0.5) is 5.82 Å². The van der Waals surface area contributed by atoms with Crippen molar-refractivity contribution in [3.05, 3.63) is 23.4 Å². The van der Waals surface area contributed by atoms with E-state index >= 15 is 0 Å². The molecule has 5 heteroatoms. The minimum Gasteiger partial charge on any atom is -0.481 e. The summed E-state index contributed by atoms with van der Waals surface area (Å²) in [5.74, 6) is -0.182. The molecule has 19 heavy (non-hydrogen) atoms. The maximum Gasteiger partial charge on any atom is 0.311 e. The highest BCUT2D eigenvalue weighted by atomic mass is 16.4. The summed E-state index contributed by atoms with van der Waals surface area (Å²) in [6, 6.07) is 5.66. The molecule has 1 saturated heterocycles. The molecule has 0 bridgehead atoms. The standard InChI is InChI=1S/C14H17N3O2/c1-10-4-5-11(8-15)12(16-10)17-7-3-6-14(2,9-17)13(18)19/h4-5H,3,6-7,9H2,1-2H3,(H,18,19). The van der Waals surface area contributed by atoms with Crippen molar-refractivity contribution in [2.75, 3.05) is 18.0 Å². The summed E-state index contributed by atoms with van der Waals surface area (Å²) in [7, 11) is 0. The van der Waals surface area contributed by atoms with Gasteiger partial charge in [0, 0.05) is 18.8 Å². The topological polar surface area (TPSA) is 77.2 Å². The molecule has 2 heterocycles. The largest absolute Gasteiger partial charge is 0.481 e. The number of piperidine rings is 1. The van der Waals surface area contributed by atoms with Gasteiger partial charge >= 0.3 is 5.97 Å². The lowest BCUT2D eigenvalue weighted by molar-refractivity contribution is -0.148. The molecule has 0 aliphatic carbocycles. The summed E-state index contributed by atoms with van der Waals surface area (Å²) in [5, 5.41) is 18.5. The molecule has 0 radical (unpaired) electrons. The number of carboxylic acids is 1. The normalized spacial score (nSPS) is 22.9. The highest BCUT2D eigenvalue weighted by molar-refractivity contribution is 5.75. The lowest BCUT2D eigenvalue weighted by atomic mass is 9.82. The van der Waals surface area contributed by atoms with E-state index in [9.17, 15) is 9.90 Å². The Balaban J connectivity index is 2.35. The van der Waals surface area contributed by atoms with Gasteiger partial charge in [0.2, 0.25) is 0 Å². The minimum atomic E-state index is -0.789. The average Bonchev–Trinajstić information content (AvgIpc) is 2.38. The zero-order valence-electron chi connectivity index (χ0n) is 11.2. The van der Waals surface area contributed by atoms with E-state index in [1.807, 2.05) is 11.8 Å². The molecular formula is C14H17N3O2. The molecule has 5 nitrogen and oxygen atoms in total. The Morgan fingerprint density at radius 3 is 2.95 bits per heavy atom. The molecule has 1 aliphatic heterocycles. The molecule has 100 valence electrons. The third-order valence-electron chi connectivity index (χ3n) is 3.65. The zero-order chi connectivity index (χ0) is 14.0. The first-order valence-corrected chi connectivity index (χ1v) is 6.32. The van der Waals surface area contributed by atoms with Gasteiger partial charge in [-0.2, -0.15) is 5.26 Å². The maximum atomic E-state index is 11.4. The number of aliphatic carboxylic acids is 1. The third-order valence-corrected chi connectivity index (χ3v) is 3.65. The van der Waals surface area contributed by atoms with Gasteiger partial charge in [0.05, 0.1) is 11.0 Å². The number of hydrogen-bond acceptors (Lipinski definition) is 4. The van der Waals surface area contributed by atoms with E-state index in [0.717, 1.165) is 18.7 Å². The SMILES string of the molecule is Cc1ccc(C#N)c(N2CCCC(C)(C(=O)O)C2)n1. The van der Waals surface area contributed by atoms with Gasteiger partial charge in [0.25, 0.3) is 0 Å². The van der Waals surface area contributed by atoms with Crippen molar-refractivity contribution >= 4 is 11.8 Å². The molecule has 1 aromatic heterocycles. The molecule has 1 fully saturated rings. The van der Waals surface area contributed by atoms with Gasteiger partial charge < -0.3 is 10.0 Å². The van der Waals surface area contributed by atoms with E-state index < -0.39 is 11.4 Å². The second-order valence-corrected chi connectivity index (χ2v) is 5.33. The zero-order valence-corrected chi connectivity index (χ0v) is 11.2.